The van der Waals surface area contributed by atoms with Gasteiger partial charge in [-0.25, -0.2) is 0 Å². The Morgan fingerprint density at radius 3 is 2.75 bits per heavy atom. The maximum Gasteiger partial charge on any atom is -0.0264 e. The van der Waals surface area contributed by atoms with E-state index in [1.807, 2.05) is 0 Å². The second-order valence-electron chi connectivity index (χ2n) is 5.79. The molecule has 2 unspecified atom stereocenters. The Hall–Kier alpha value is 0. The third kappa shape index (κ3) is 0.843. The zero-order valence-corrected chi connectivity index (χ0v) is 8.18. The van der Waals surface area contributed by atoms with Gasteiger partial charge in [-0.2, -0.15) is 0 Å². The molecule has 4 fully saturated rings. The maximum absolute atomic E-state index is 2.46. The van der Waals surface area contributed by atoms with Crippen LogP contribution in [-0.2, 0) is 0 Å². The Balaban J connectivity index is 1.80. The molecule has 0 saturated heterocycles. The van der Waals surface area contributed by atoms with Gasteiger partial charge >= 0.3 is 0 Å². The van der Waals surface area contributed by atoms with E-state index in [2.05, 4.69) is 6.92 Å². The molecule has 0 aromatic rings. The summed E-state index contributed by atoms with van der Waals surface area (Å²) in [6, 6.07) is 0. The third-order valence-corrected chi connectivity index (χ3v) is 5.00. The van der Waals surface area contributed by atoms with Crippen LogP contribution in [0.15, 0.2) is 0 Å². The fourth-order valence-electron chi connectivity index (χ4n) is 4.28. The van der Waals surface area contributed by atoms with Crippen molar-refractivity contribution >= 4 is 0 Å². The lowest BCUT2D eigenvalue weighted by atomic mass is 9.45. The molecule has 2 atom stereocenters. The van der Waals surface area contributed by atoms with Crippen LogP contribution in [0.25, 0.3) is 0 Å². The van der Waals surface area contributed by atoms with Crippen molar-refractivity contribution in [1.82, 2.24) is 0 Å². The van der Waals surface area contributed by atoms with Crippen LogP contribution in [0.5, 0.6) is 0 Å². The molecule has 0 aromatic heterocycles. The van der Waals surface area contributed by atoms with Crippen molar-refractivity contribution in [3.05, 3.63) is 0 Å². The SMILES string of the molecule is CC1CCC23CC(CCC2C1)C3. The Bertz CT molecular complexity index is 188. The minimum Gasteiger partial charge on any atom is -0.0625 e. The van der Waals surface area contributed by atoms with Crippen molar-refractivity contribution in [2.45, 2.75) is 51.9 Å². The second-order valence-corrected chi connectivity index (χ2v) is 5.79. The highest BCUT2D eigenvalue weighted by molar-refractivity contribution is 5.04. The van der Waals surface area contributed by atoms with E-state index >= 15 is 0 Å². The topological polar surface area (TPSA) is 0 Å². The molecule has 4 aliphatic rings. The van der Waals surface area contributed by atoms with Gasteiger partial charge in [0.1, 0.15) is 0 Å². The Morgan fingerprint density at radius 1 is 1.08 bits per heavy atom. The van der Waals surface area contributed by atoms with E-state index in [9.17, 15) is 0 Å². The maximum atomic E-state index is 2.46. The molecule has 0 aliphatic heterocycles. The monoisotopic (exact) mass is 164 g/mol. The summed E-state index contributed by atoms with van der Waals surface area (Å²) in [4.78, 5) is 0. The van der Waals surface area contributed by atoms with Crippen LogP contribution >= 0.6 is 0 Å². The molecule has 0 nitrogen and oxygen atoms in total. The summed E-state index contributed by atoms with van der Waals surface area (Å²) in [6.07, 6.45) is 11.0. The molecule has 1 spiro atoms. The van der Waals surface area contributed by atoms with Gasteiger partial charge in [-0.15, -0.1) is 0 Å². The lowest BCUT2D eigenvalue weighted by Crippen LogP contribution is -2.50. The van der Waals surface area contributed by atoms with E-state index in [1.54, 1.807) is 38.5 Å². The molecular formula is C12H20. The smallest absolute Gasteiger partial charge is 0.0264 e. The lowest BCUT2D eigenvalue weighted by Gasteiger charge is -2.60. The first kappa shape index (κ1) is 7.41. The minimum absolute atomic E-state index is 0.898. The molecule has 0 N–H and O–H groups in total. The summed E-state index contributed by atoms with van der Waals surface area (Å²) in [7, 11) is 0. The molecule has 4 saturated carbocycles. The van der Waals surface area contributed by atoms with E-state index in [0.717, 1.165) is 23.2 Å². The molecular weight excluding hydrogens is 144 g/mol. The summed E-state index contributed by atoms with van der Waals surface area (Å²) in [5.74, 6) is 3.35. The van der Waals surface area contributed by atoms with Crippen LogP contribution in [0.4, 0.5) is 0 Å². The average Bonchev–Trinajstić information content (AvgIpc) is 2.02. The van der Waals surface area contributed by atoms with Gasteiger partial charge in [0.15, 0.2) is 0 Å². The molecule has 0 heteroatoms. The van der Waals surface area contributed by atoms with Crippen LogP contribution in [0.2, 0.25) is 0 Å². The van der Waals surface area contributed by atoms with Crippen LogP contribution < -0.4 is 0 Å². The quantitative estimate of drug-likeness (QED) is 0.513. The van der Waals surface area contributed by atoms with Crippen molar-refractivity contribution < 1.29 is 0 Å². The highest BCUT2D eigenvalue weighted by Crippen LogP contribution is 2.64. The van der Waals surface area contributed by atoms with Crippen molar-refractivity contribution in [3.63, 3.8) is 0 Å². The first-order chi connectivity index (χ1) is 5.78. The van der Waals surface area contributed by atoms with Gasteiger partial charge in [0.25, 0.3) is 0 Å². The summed E-state index contributed by atoms with van der Waals surface area (Å²) in [5.41, 5.74) is 0.898. The molecule has 68 valence electrons. The van der Waals surface area contributed by atoms with E-state index in [1.165, 1.54) is 6.42 Å². The molecule has 0 aromatic carbocycles. The van der Waals surface area contributed by atoms with Gasteiger partial charge in [-0.3, -0.25) is 0 Å². The summed E-state index contributed by atoms with van der Waals surface area (Å²) < 4.78 is 0. The first-order valence-electron chi connectivity index (χ1n) is 5.78. The summed E-state index contributed by atoms with van der Waals surface area (Å²) in [5, 5.41) is 0. The standard InChI is InChI=1S/C12H20/c1-9-4-5-12-7-10(8-12)2-3-11(12)6-9/h9-11H,2-8H2,1H3. The molecule has 2 bridgehead atoms. The molecule has 4 aliphatic carbocycles. The van der Waals surface area contributed by atoms with Gasteiger partial charge in [-0.05, 0) is 55.3 Å². The number of hydrogen-bond acceptors (Lipinski definition) is 0. The van der Waals surface area contributed by atoms with Crippen LogP contribution in [-0.4, -0.2) is 0 Å². The minimum atomic E-state index is 0.898. The second kappa shape index (κ2) is 2.27. The fraction of sp³-hybridized carbons (Fsp3) is 1.00. The summed E-state index contributed by atoms with van der Waals surface area (Å²) in [6.45, 7) is 2.46. The van der Waals surface area contributed by atoms with Gasteiger partial charge < -0.3 is 0 Å². The normalized spacial score (nSPS) is 57.2. The van der Waals surface area contributed by atoms with E-state index in [-0.39, 0.29) is 0 Å². The van der Waals surface area contributed by atoms with Crippen LogP contribution in [0.1, 0.15) is 51.9 Å². The zero-order valence-electron chi connectivity index (χ0n) is 8.18. The van der Waals surface area contributed by atoms with Crippen molar-refractivity contribution in [2.75, 3.05) is 0 Å². The molecule has 0 heterocycles. The highest BCUT2D eigenvalue weighted by atomic mass is 14.6. The Labute approximate surface area is 75.7 Å². The number of hydrogen-bond donors (Lipinski definition) is 0. The van der Waals surface area contributed by atoms with Gasteiger partial charge in [0, 0.05) is 0 Å². The molecule has 12 heavy (non-hydrogen) atoms. The predicted octanol–water partition coefficient (Wildman–Crippen LogP) is 3.61. The van der Waals surface area contributed by atoms with E-state index < -0.39 is 0 Å². The average molecular weight is 164 g/mol. The Kier molecular flexibility index (Phi) is 1.40. The van der Waals surface area contributed by atoms with Crippen molar-refractivity contribution in [1.29, 1.82) is 0 Å². The zero-order chi connectivity index (χ0) is 8.18. The largest absolute Gasteiger partial charge is 0.0625 e. The van der Waals surface area contributed by atoms with Crippen molar-refractivity contribution in [2.24, 2.45) is 23.2 Å². The highest BCUT2D eigenvalue weighted by Gasteiger charge is 2.53. The molecule has 0 radical (unpaired) electrons. The predicted molar refractivity (Wildman–Crippen MR) is 50.9 cm³/mol. The summed E-state index contributed by atoms with van der Waals surface area (Å²) >= 11 is 0. The first-order valence-corrected chi connectivity index (χ1v) is 5.78. The molecule has 0 amide bonds. The lowest BCUT2D eigenvalue weighted by molar-refractivity contribution is -0.100. The number of rotatable bonds is 0. The van der Waals surface area contributed by atoms with Crippen LogP contribution in [0.3, 0.4) is 0 Å². The van der Waals surface area contributed by atoms with Gasteiger partial charge in [-0.1, -0.05) is 19.8 Å². The van der Waals surface area contributed by atoms with Crippen LogP contribution in [0, 0.1) is 23.2 Å². The van der Waals surface area contributed by atoms with Gasteiger partial charge in [0.05, 0.1) is 0 Å². The van der Waals surface area contributed by atoms with Crippen molar-refractivity contribution in [3.8, 4) is 0 Å². The molecule has 4 rings (SSSR count). The van der Waals surface area contributed by atoms with Gasteiger partial charge in [0.2, 0.25) is 0 Å². The number of fused-ring (bicyclic) bond motifs is 1. The Morgan fingerprint density at radius 2 is 1.92 bits per heavy atom. The van der Waals surface area contributed by atoms with E-state index in [0.29, 0.717) is 0 Å². The fourth-order valence-corrected chi connectivity index (χ4v) is 4.28. The third-order valence-electron chi connectivity index (χ3n) is 5.00. The van der Waals surface area contributed by atoms with E-state index in [4.69, 9.17) is 0 Å².